The van der Waals surface area contributed by atoms with Gasteiger partial charge in [-0.05, 0) is 0 Å². The Bertz CT molecular complexity index is 192. The second-order valence-corrected chi connectivity index (χ2v) is 1.46. The molecule has 0 aliphatic rings. The first-order valence-electron chi connectivity index (χ1n) is 2.41. The molecular formula is C5H6N3O. The molecule has 9 heavy (non-hydrogen) atoms. The lowest BCUT2D eigenvalue weighted by atomic mass is 10.4. The van der Waals surface area contributed by atoms with Crippen molar-refractivity contribution in [1.29, 1.82) is 0 Å². The summed E-state index contributed by atoms with van der Waals surface area (Å²) in [6.45, 7) is 0. The molecule has 0 aliphatic carbocycles. The third kappa shape index (κ3) is 1.07. The summed E-state index contributed by atoms with van der Waals surface area (Å²) in [6.07, 6.45) is 2.94. The van der Waals surface area contributed by atoms with E-state index in [4.69, 9.17) is 0 Å². The zero-order chi connectivity index (χ0) is 6.69. The second kappa shape index (κ2) is 2.30. The molecule has 0 atom stereocenters. The normalized spacial score (nSPS) is 9.00. The fourth-order valence-electron chi connectivity index (χ4n) is 0.475. The molecule has 0 fully saturated rings. The van der Waals surface area contributed by atoms with Gasteiger partial charge in [0.2, 0.25) is 0 Å². The van der Waals surface area contributed by atoms with Crippen LogP contribution in [0.3, 0.4) is 0 Å². The SMILES string of the molecule is [CH2]NC(=O)c1c[nH]cn1. The van der Waals surface area contributed by atoms with E-state index in [0.29, 0.717) is 5.69 Å². The van der Waals surface area contributed by atoms with Crippen molar-refractivity contribution in [3.63, 3.8) is 0 Å². The Morgan fingerprint density at radius 2 is 2.67 bits per heavy atom. The van der Waals surface area contributed by atoms with E-state index in [-0.39, 0.29) is 5.91 Å². The van der Waals surface area contributed by atoms with Crippen molar-refractivity contribution < 1.29 is 4.79 Å². The Morgan fingerprint density at radius 1 is 1.89 bits per heavy atom. The van der Waals surface area contributed by atoms with Crippen molar-refractivity contribution in [1.82, 2.24) is 15.3 Å². The molecule has 0 spiro atoms. The maximum Gasteiger partial charge on any atom is 0.271 e. The molecule has 2 N–H and O–H groups in total. The summed E-state index contributed by atoms with van der Waals surface area (Å²) in [5, 5.41) is 2.20. The van der Waals surface area contributed by atoms with Crippen molar-refractivity contribution in [3.05, 3.63) is 25.3 Å². The average Bonchev–Trinajstić information content (AvgIpc) is 2.37. The van der Waals surface area contributed by atoms with Crippen LogP contribution in [0.25, 0.3) is 0 Å². The zero-order valence-electron chi connectivity index (χ0n) is 4.72. The van der Waals surface area contributed by atoms with Crippen molar-refractivity contribution >= 4 is 5.91 Å². The van der Waals surface area contributed by atoms with Crippen LogP contribution in [0.4, 0.5) is 0 Å². The molecule has 1 radical (unpaired) electrons. The molecule has 0 aromatic carbocycles. The fourth-order valence-corrected chi connectivity index (χ4v) is 0.475. The summed E-state index contributed by atoms with van der Waals surface area (Å²) >= 11 is 0. The molecule has 0 unspecified atom stereocenters. The van der Waals surface area contributed by atoms with E-state index in [2.05, 4.69) is 22.3 Å². The molecule has 0 bridgehead atoms. The largest absolute Gasteiger partial charge is 0.350 e. The maximum absolute atomic E-state index is 10.6. The van der Waals surface area contributed by atoms with Crippen LogP contribution in [0.15, 0.2) is 12.5 Å². The number of carbonyl (C=O) groups is 1. The maximum atomic E-state index is 10.6. The topological polar surface area (TPSA) is 57.8 Å². The number of imidazole rings is 1. The van der Waals surface area contributed by atoms with Crippen LogP contribution in [0.2, 0.25) is 0 Å². The Morgan fingerprint density at radius 3 is 3.11 bits per heavy atom. The monoisotopic (exact) mass is 124 g/mol. The highest BCUT2D eigenvalue weighted by Crippen LogP contribution is 1.87. The van der Waals surface area contributed by atoms with Crippen LogP contribution in [-0.2, 0) is 0 Å². The quantitative estimate of drug-likeness (QED) is 0.550. The van der Waals surface area contributed by atoms with Crippen molar-refractivity contribution in [3.8, 4) is 0 Å². The molecule has 0 saturated heterocycles. The Hall–Kier alpha value is -1.32. The van der Waals surface area contributed by atoms with Crippen molar-refractivity contribution in [2.24, 2.45) is 0 Å². The van der Waals surface area contributed by atoms with Gasteiger partial charge >= 0.3 is 0 Å². The lowest BCUT2D eigenvalue weighted by Crippen LogP contribution is -2.15. The van der Waals surface area contributed by atoms with Gasteiger partial charge in [0.25, 0.3) is 5.91 Å². The van der Waals surface area contributed by atoms with E-state index < -0.39 is 0 Å². The van der Waals surface area contributed by atoms with Gasteiger partial charge in [0, 0.05) is 13.2 Å². The number of aromatic nitrogens is 2. The van der Waals surface area contributed by atoms with E-state index in [9.17, 15) is 4.79 Å². The molecule has 4 heteroatoms. The highest BCUT2D eigenvalue weighted by Gasteiger charge is 2.01. The summed E-state index contributed by atoms with van der Waals surface area (Å²) in [5.41, 5.74) is 0.352. The minimum atomic E-state index is -0.281. The summed E-state index contributed by atoms with van der Waals surface area (Å²) in [4.78, 5) is 16.9. The van der Waals surface area contributed by atoms with E-state index in [1.54, 1.807) is 0 Å². The average molecular weight is 124 g/mol. The molecule has 1 amide bonds. The third-order valence-corrected chi connectivity index (χ3v) is 0.891. The van der Waals surface area contributed by atoms with Gasteiger partial charge in [-0.3, -0.25) is 4.79 Å². The van der Waals surface area contributed by atoms with E-state index in [0.717, 1.165) is 0 Å². The number of nitrogens with zero attached hydrogens (tertiary/aromatic N) is 1. The molecule has 1 aromatic rings. The predicted molar refractivity (Wildman–Crippen MR) is 31.4 cm³/mol. The van der Waals surface area contributed by atoms with Crippen LogP contribution < -0.4 is 5.32 Å². The van der Waals surface area contributed by atoms with Gasteiger partial charge in [0.05, 0.1) is 6.33 Å². The number of nitrogens with one attached hydrogen (secondary N) is 2. The van der Waals surface area contributed by atoms with Gasteiger partial charge in [-0.25, -0.2) is 4.98 Å². The minimum Gasteiger partial charge on any atom is -0.350 e. The zero-order valence-corrected chi connectivity index (χ0v) is 4.72. The van der Waals surface area contributed by atoms with E-state index >= 15 is 0 Å². The van der Waals surface area contributed by atoms with Gasteiger partial charge < -0.3 is 10.3 Å². The van der Waals surface area contributed by atoms with Crippen molar-refractivity contribution in [2.75, 3.05) is 0 Å². The second-order valence-electron chi connectivity index (χ2n) is 1.46. The summed E-state index contributed by atoms with van der Waals surface area (Å²) in [6, 6.07) is 0. The number of hydrogen-bond donors (Lipinski definition) is 2. The minimum absolute atomic E-state index is 0.281. The summed E-state index contributed by atoms with van der Waals surface area (Å²) in [7, 11) is 3.19. The molecule has 1 aromatic heterocycles. The van der Waals surface area contributed by atoms with E-state index in [1.807, 2.05) is 0 Å². The first-order valence-corrected chi connectivity index (χ1v) is 2.41. The Labute approximate surface area is 52.3 Å². The number of rotatable bonds is 1. The lowest BCUT2D eigenvalue weighted by molar-refractivity contribution is 0.0964. The molecule has 1 rings (SSSR count). The highest BCUT2D eigenvalue weighted by atomic mass is 16.1. The van der Waals surface area contributed by atoms with Gasteiger partial charge in [-0.2, -0.15) is 0 Å². The van der Waals surface area contributed by atoms with Crippen LogP contribution in [0, 0.1) is 7.05 Å². The molecule has 1 heterocycles. The standard InChI is InChI=1S/C5H6N3O/c1-6-5(9)4-2-7-3-8-4/h2-3H,1H2,(H,6,9)(H,7,8). The van der Waals surface area contributed by atoms with Gasteiger partial charge in [-0.15, -0.1) is 0 Å². The lowest BCUT2D eigenvalue weighted by Gasteiger charge is -1.89. The predicted octanol–water partition coefficient (Wildman–Crippen LogP) is -0.0689. The molecular weight excluding hydrogens is 118 g/mol. The van der Waals surface area contributed by atoms with Crippen LogP contribution >= 0.6 is 0 Å². The smallest absolute Gasteiger partial charge is 0.271 e. The number of aromatic amines is 1. The van der Waals surface area contributed by atoms with Crippen LogP contribution in [0.5, 0.6) is 0 Å². The summed E-state index contributed by atoms with van der Waals surface area (Å²) < 4.78 is 0. The number of carbonyl (C=O) groups excluding carboxylic acids is 1. The molecule has 0 saturated carbocycles. The van der Waals surface area contributed by atoms with Crippen LogP contribution in [-0.4, -0.2) is 15.9 Å². The first-order chi connectivity index (χ1) is 4.34. The van der Waals surface area contributed by atoms with Crippen LogP contribution in [0.1, 0.15) is 10.5 Å². The molecule has 4 nitrogen and oxygen atoms in total. The third-order valence-electron chi connectivity index (χ3n) is 0.891. The fraction of sp³-hybridized carbons (Fsp3) is 0. The van der Waals surface area contributed by atoms with E-state index in [1.165, 1.54) is 12.5 Å². The Balaban J connectivity index is 2.77. The van der Waals surface area contributed by atoms with Gasteiger partial charge in [-0.1, -0.05) is 0 Å². The van der Waals surface area contributed by atoms with Gasteiger partial charge in [0.1, 0.15) is 5.69 Å². The Kier molecular flexibility index (Phi) is 1.48. The summed E-state index contributed by atoms with van der Waals surface area (Å²) in [5.74, 6) is -0.281. The molecule has 47 valence electrons. The highest BCUT2D eigenvalue weighted by molar-refractivity contribution is 5.91. The molecule has 0 aliphatic heterocycles. The number of H-pyrrole nitrogens is 1. The number of hydrogen-bond acceptors (Lipinski definition) is 2. The number of amides is 1. The first kappa shape index (κ1) is 5.81. The van der Waals surface area contributed by atoms with Gasteiger partial charge in [0.15, 0.2) is 0 Å². The van der Waals surface area contributed by atoms with Crippen molar-refractivity contribution in [2.45, 2.75) is 0 Å².